The molecule has 0 fully saturated rings. The molecule has 0 aliphatic carbocycles. The predicted molar refractivity (Wildman–Crippen MR) is 57.0 cm³/mol. The summed E-state index contributed by atoms with van der Waals surface area (Å²) in [6, 6.07) is 9.74. The zero-order valence-electron chi connectivity index (χ0n) is 7.54. The third kappa shape index (κ3) is 3.30. The molecule has 1 rings (SSSR count). The van der Waals surface area contributed by atoms with Crippen molar-refractivity contribution in [2.75, 3.05) is 0 Å². The van der Waals surface area contributed by atoms with E-state index in [1.165, 1.54) is 11.8 Å². The number of nitrogens with zero attached hydrogens (tertiary/aromatic N) is 1. The fraction of sp³-hybridized carbons (Fsp3) is 0.300. The Morgan fingerprint density at radius 1 is 1.31 bits per heavy atom. The molecule has 1 aromatic rings. The van der Waals surface area contributed by atoms with Crippen molar-refractivity contribution in [3.05, 3.63) is 29.3 Å². The maximum Gasteiger partial charge on any atom is 0.101 e. The van der Waals surface area contributed by atoms with Gasteiger partial charge in [-0.15, -0.1) is 11.8 Å². The van der Waals surface area contributed by atoms with Crippen molar-refractivity contribution in [3.8, 4) is 6.07 Å². The Morgan fingerprint density at radius 2 is 1.85 bits per heavy atom. The van der Waals surface area contributed by atoms with Crippen molar-refractivity contribution in [2.45, 2.75) is 23.5 Å². The van der Waals surface area contributed by atoms with Gasteiger partial charge in [-0.3, -0.25) is 0 Å². The second-order valence-electron chi connectivity index (χ2n) is 3.18. The van der Waals surface area contributed by atoms with Gasteiger partial charge in [0.25, 0.3) is 0 Å². The Morgan fingerprint density at radius 3 is 2.31 bits per heavy atom. The van der Waals surface area contributed by atoms with Gasteiger partial charge in [-0.2, -0.15) is 5.26 Å². The molecule has 0 amide bonds. The van der Waals surface area contributed by atoms with Crippen LogP contribution >= 0.6 is 23.4 Å². The fourth-order valence-corrected chi connectivity index (χ4v) is 1.85. The van der Waals surface area contributed by atoms with Crippen LogP contribution in [-0.2, 0) is 0 Å². The van der Waals surface area contributed by atoms with E-state index in [9.17, 15) is 0 Å². The van der Waals surface area contributed by atoms with E-state index in [2.05, 4.69) is 6.07 Å². The van der Waals surface area contributed by atoms with Crippen LogP contribution in [0.15, 0.2) is 29.2 Å². The highest BCUT2D eigenvalue weighted by Gasteiger charge is 2.17. The quantitative estimate of drug-likeness (QED) is 0.696. The molecule has 1 nitrogen and oxygen atoms in total. The average molecular weight is 212 g/mol. The summed E-state index contributed by atoms with van der Waals surface area (Å²) in [6.07, 6.45) is 0. The third-order valence-electron chi connectivity index (χ3n) is 1.46. The molecule has 0 spiro atoms. The number of hydrogen-bond acceptors (Lipinski definition) is 2. The van der Waals surface area contributed by atoms with E-state index in [0.29, 0.717) is 0 Å². The highest BCUT2D eigenvalue weighted by Crippen LogP contribution is 2.32. The Labute approximate surface area is 87.7 Å². The molecule has 1 aromatic carbocycles. The monoisotopic (exact) mass is 211 g/mol. The Balaban J connectivity index is 2.77. The molecule has 68 valence electrons. The minimum atomic E-state index is -0.381. The SMILES string of the molecule is CC(C)(C#N)Sc1ccc(Cl)cc1. The van der Waals surface area contributed by atoms with Crippen molar-refractivity contribution in [1.82, 2.24) is 0 Å². The number of benzene rings is 1. The topological polar surface area (TPSA) is 23.8 Å². The first-order chi connectivity index (χ1) is 6.03. The summed E-state index contributed by atoms with van der Waals surface area (Å²) in [5.74, 6) is 0. The molecular formula is C10H10ClNS. The molecule has 0 bridgehead atoms. The first-order valence-electron chi connectivity index (χ1n) is 3.89. The van der Waals surface area contributed by atoms with Crippen molar-refractivity contribution < 1.29 is 0 Å². The van der Waals surface area contributed by atoms with E-state index in [-0.39, 0.29) is 4.75 Å². The number of thioether (sulfide) groups is 1. The first-order valence-corrected chi connectivity index (χ1v) is 5.09. The van der Waals surface area contributed by atoms with Gasteiger partial charge in [0.1, 0.15) is 4.75 Å². The smallest absolute Gasteiger partial charge is 0.101 e. The molecule has 0 atom stereocenters. The van der Waals surface area contributed by atoms with E-state index >= 15 is 0 Å². The van der Waals surface area contributed by atoms with Crippen LogP contribution in [0.1, 0.15) is 13.8 Å². The van der Waals surface area contributed by atoms with Crippen LogP contribution in [0.5, 0.6) is 0 Å². The van der Waals surface area contributed by atoms with Gasteiger partial charge in [0, 0.05) is 9.92 Å². The average Bonchev–Trinajstić information content (AvgIpc) is 2.09. The molecule has 0 aliphatic rings. The van der Waals surface area contributed by atoms with Crippen LogP contribution in [-0.4, -0.2) is 4.75 Å². The summed E-state index contributed by atoms with van der Waals surface area (Å²) in [5.41, 5.74) is 0. The zero-order chi connectivity index (χ0) is 9.90. The second-order valence-corrected chi connectivity index (χ2v) is 5.31. The summed E-state index contributed by atoms with van der Waals surface area (Å²) in [5, 5.41) is 9.53. The first kappa shape index (κ1) is 10.4. The lowest BCUT2D eigenvalue weighted by molar-refractivity contribution is 0.913. The molecule has 3 heteroatoms. The van der Waals surface area contributed by atoms with E-state index in [1.54, 1.807) is 0 Å². The van der Waals surface area contributed by atoms with E-state index < -0.39 is 0 Å². The second kappa shape index (κ2) is 4.04. The van der Waals surface area contributed by atoms with E-state index in [1.807, 2.05) is 38.1 Å². The molecular weight excluding hydrogens is 202 g/mol. The Bertz CT molecular complexity index is 324. The van der Waals surface area contributed by atoms with Crippen molar-refractivity contribution >= 4 is 23.4 Å². The maximum atomic E-state index is 8.81. The van der Waals surface area contributed by atoms with Crippen molar-refractivity contribution in [3.63, 3.8) is 0 Å². The normalized spacial score (nSPS) is 10.9. The maximum absolute atomic E-state index is 8.81. The molecule has 0 unspecified atom stereocenters. The van der Waals surface area contributed by atoms with Gasteiger partial charge in [0.05, 0.1) is 6.07 Å². The van der Waals surface area contributed by atoms with Crippen LogP contribution in [0.25, 0.3) is 0 Å². The summed E-state index contributed by atoms with van der Waals surface area (Å²) < 4.78 is -0.381. The lowest BCUT2D eigenvalue weighted by Gasteiger charge is -2.13. The van der Waals surface area contributed by atoms with Crippen LogP contribution < -0.4 is 0 Å². The number of nitriles is 1. The standard InChI is InChI=1S/C10H10ClNS/c1-10(2,7-12)13-9-5-3-8(11)4-6-9/h3-6H,1-2H3. The molecule has 0 N–H and O–H groups in total. The fourth-order valence-electron chi connectivity index (χ4n) is 0.820. The van der Waals surface area contributed by atoms with Gasteiger partial charge in [-0.25, -0.2) is 0 Å². The van der Waals surface area contributed by atoms with E-state index in [4.69, 9.17) is 16.9 Å². The molecule has 0 aliphatic heterocycles. The molecule has 13 heavy (non-hydrogen) atoms. The van der Waals surface area contributed by atoms with Crippen LogP contribution in [0.2, 0.25) is 5.02 Å². The summed E-state index contributed by atoms with van der Waals surface area (Å²) in [6.45, 7) is 3.79. The zero-order valence-corrected chi connectivity index (χ0v) is 9.12. The minimum absolute atomic E-state index is 0.381. The summed E-state index contributed by atoms with van der Waals surface area (Å²) in [4.78, 5) is 1.07. The Kier molecular flexibility index (Phi) is 3.24. The van der Waals surface area contributed by atoms with Crippen LogP contribution in [0.3, 0.4) is 0 Å². The highest BCUT2D eigenvalue weighted by atomic mass is 35.5. The van der Waals surface area contributed by atoms with Crippen molar-refractivity contribution in [2.24, 2.45) is 0 Å². The molecule has 0 heterocycles. The molecule has 0 aromatic heterocycles. The summed E-state index contributed by atoms with van der Waals surface area (Å²) >= 11 is 7.28. The molecule has 0 saturated carbocycles. The highest BCUT2D eigenvalue weighted by molar-refractivity contribution is 8.00. The van der Waals surface area contributed by atoms with Gasteiger partial charge in [-0.05, 0) is 38.1 Å². The number of rotatable bonds is 2. The van der Waals surface area contributed by atoms with Gasteiger partial charge in [-0.1, -0.05) is 11.6 Å². The van der Waals surface area contributed by atoms with Crippen molar-refractivity contribution in [1.29, 1.82) is 5.26 Å². The predicted octanol–water partition coefficient (Wildman–Crippen LogP) is 3.73. The molecule has 0 radical (unpaired) electrons. The summed E-state index contributed by atoms with van der Waals surface area (Å²) in [7, 11) is 0. The van der Waals surface area contributed by atoms with Gasteiger partial charge >= 0.3 is 0 Å². The number of hydrogen-bond donors (Lipinski definition) is 0. The van der Waals surface area contributed by atoms with Crippen LogP contribution in [0.4, 0.5) is 0 Å². The lowest BCUT2D eigenvalue weighted by Crippen LogP contribution is -2.09. The lowest BCUT2D eigenvalue weighted by atomic mass is 10.2. The largest absolute Gasteiger partial charge is 0.197 e. The Hall–Kier alpha value is -0.650. The van der Waals surface area contributed by atoms with Gasteiger partial charge in [0.15, 0.2) is 0 Å². The molecule has 0 saturated heterocycles. The minimum Gasteiger partial charge on any atom is -0.197 e. The van der Waals surface area contributed by atoms with Gasteiger partial charge in [0.2, 0.25) is 0 Å². The van der Waals surface area contributed by atoms with E-state index in [0.717, 1.165) is 9.92 Å². The van der Waals surface area contributed by atoms with Crippen LogP contribution in [0, 0.1) is 11.3 Å². The van der Waals surface area contributed by atoms with Gasteiger partial charge < -0.3 is 0 Å². The third-order valence-corrected chi connectivity index (χ3v) is 2.82. The number of halogens is 1.